The number of para-hydroxylation sites is 1. The molecule has 0 aliphatic carbocycles. The molecule has 2 heterocycles. The molecule has 0 bridgehead atoms. The summed E-state index contributed by atoms with van der Waals surface area (Å²) in [6.07, 6.45) is 1.92. The van der Waals surface area contributed by atoms with E-state index in [2.05, 4.69) is 15.6 Å². The highest BCUT2D eigenvalue weighted by Gasteiger charge is 2.24. The van der Waals surface area contributed by atoms with Gasteiger partial charge in [0.25, 0.3) is 5.91 Å². The Hall–Kier alpha value is -3.26. The molecule has 4 rings (SSSR count). The van der Waals surface area contributed by atoms with E-state index in [4.69, 9.17) is 0 Å². The molecule has 2 amide bonds. The van der Waals surface area contributed by atoms with E-state index in [1.807, 2.05) is 24.3 Å². The van der Waals surface area contributed by atoms with Crippen LogP contribution >= 0.6 is 11.8 Å². The number of H-pyrrole nitrogens is 1. The molecule has 1 aliphatic rings. The second kappa shape index (κ2) is 7.40. The fourth-order valence-electron chi connectivity index (χ4n) is 3.19. The molecule has 1 atom stereocenters. The van der Waals surface area contributed by atoms with E-state index in [1.54, 1.807) is 24.4 Å². The van der Waals surface area contributed by atoms with E-state index >= 15 is 0 Å². The van der Waals surface area contributed by atoms with Crippen molar-refractivity contribution in [2.24, 2.45) is 0 Å². The standard InChI is InChI=1S/C20H17N3O4S/c24-18-10-28-17-6-5-11(7-15(17)22-18)19(25)23-16(20(26)27)8-12-9-21-14-4-2-1-3-13(12)14/h1-7,9,16,21H,8,10H2,(H,22,24)(H,23,25)(H,26,27)/t16-/m0/s1. The number of rotatable bonds is 5. The lowest BCUT2D eigenvalue weighted by atomic mass is 10.0. The molecule has 0 saturated carbocycles. The number of amides is 2. The van der Waals surface area contributed by atoms with Crippen LogP contribution in [-0.4, -0.2) is 39.7 Å². The van der Waals surface area contributed by atoms with E-state index in [-0.39, 0.29) is 12.3 Å². The first-order valence-corrected chi connectivity index (χ1v) is 9.65. The Bertz CT molecular complexity index is 1090. The SMILES string of the molecule is O=C1CSc2ccc(C(=O)N[C@@H](Cc3c[nH]c4ccccc34)C(=O)O)cc2N1. The van der Waals surface area contributed by atoms with Gasteiger partial charge in [-0.15, -0.1) is 11.8 Å². The van der Waals surface area contributed by atoms with Crippen molar-refractivity contribution in [1.82, 2.24) is 10.3 Å². The van der Waals surface area contributed by atoms with Crippen LogP contribution in [0.15, 0.2) is 53.6 Å². The summed E-state index contributed by atoms with van der Waals surface area (Å²) in [5.74, 6) is -1.40. The number of carboxylic acid groups (broad SMARTS) is 1. The van der Waals surface area contributed by atoms with Gasteiger partial charge in [-0.3, -0.25) is 9.59 Å². The number of anilines is 1. The zero-order valence-electron chi connectivity index (χ0n) is 14.7. The van der Waals surface area contributed by atoms with Crippen molar-refractivity contribution in [2.75, 3.05) is 11.1 Å². The van der Waals surface area contributed by atoms with Crippen LogP contribution in [0.3, 0.4) is 0 Å². The topological polar surface area (TPSA) is 111 Å². The van der Waals surface area contributed by atoms with Crippen LogP contribution in [0.2, 0.25) is 0 Å². The first-order chi connectivity index (χ1) is 13.5. The van der Waals surface area contributed by atoms with Crippen LogP contribution in [-0.2, 0) is 16.0 Å². The number of fused-ring (bicyclic) bond motifs is 2. The number of benzene rings is 2. The molecule has 142 valence electrons. The third kappa shape index (κ3) is 3.59. The maximum absolute atomic E-state index is 12.6. The average Bonchev–Trinajstić information content (AvgIpc) is 3.09. The summed E-state index contributed by atoms with van der Waals surface area (Å²) < 4.78 is 0. The zero-order valence-corrected chi connectivity index (χ0v) is 15.5. The van der Waals surface area contributed by atoms with Gasteiger partial charge in [-0.25, -0.2) is 4.79 Å². The van der Waals surface area contributed by atoms with E-state index in [0.717, 1.165) is 21.4 Å². The van der Waals surface area contributed by atoms with E-state index in [9.17, 15) is 19.5 Å². The normalized spacial score (nSPS) is 14.2. The Morgan fingerprint density at radius 2 is 2.04 bits per heavy atom. The average molecular weight is 395 g/mol. The van der Waals surface area contributed by atoms with Gasteiger partial charge >= 0.3 is 5.97 Å². The third-order valence-electron chi connectivity index (χ3n) is 4.58. The van der Waals surface area contributed by atoms with Crippen molar-refractivity contribution >= 4 is 46.1 Å². The molecule has 0 unspecified atom stereocenters. The van der Waals surface area contributed by atoms with Gasteiger partial charge in [0.1, 0.15) is 6.04 Å². The minimum atomic E-state index is -1.11. The first-order valence-electron chi connectivity index (χ1n) is 8.66. The molecular weight excluding hydrogens is 378 g/mol. The Labute approximate surface area is 164 Å². The predicted molar refractivity (Wildman–Crippen MR) is 107 cm³/mol. The van der Waals surface area contributed by atoms with Gasteiger partial charge < -0.3 is 20.7 Å². The monoisotopic (exact) mass is 395 g/mol. The number of carbonyl (C=O) groups excluding carboxylic acids is 2. The number of carboxylic acids is 1. The van der Waals surface area contributed by atoms with Crippen LogP contribution < -0.4 is 10.6 Å². The molecule has 4 N–H and O–H groups in total. The van der Waals surface area contributed by atoms with Gasteiger partial charge in [0.2, 0.25) is 5.91 Å². The van der Waals surface area contributed by atoms with Crippen molar-refractivity contribution in [1.29, 1.82) is 0 Å². The molecule has 1 aliphatic heterocycles. The number of aromatic amines is 1. The maximum atomic E-state index is 12.6. The Balaban J connectivity index is 1.53. The number of hydrogen-bond donors (Lipinski definition) is 4. The molecular formula is C20H17N3O4S. The van der Waals surface area contributed by atoms with Crippen molar-refractivity contribution < 1.29 is 19.5 Å². The van der Waals surface area contributed by atoms with Gasteiger partial charge in [-0.2, -0.15) is 0 Å². The summed E-state index contributed by atoms with van der Waals surface area (Å²) in [4.78, 5) is 39.9. The summed E-state index contributed by atoms with van der Waals surface area (Å²) in [5.41, 5.74) is 2.59. The summed E-state index contributed by atoms with van der Waals surface area (Å²) in [6, 6.07) is 11.5. The van der Waals surface area contributed by atoms with Gasteiger partial charge in [-0.1, -0.05) is 18.2 Å². The van der Waals surface area contributed by atoms with Gasteiger partial charge in [-0.05, 0) is 29.8 Å². The summed E-state index contributed by atoms with van der Waals surface area (Å²) in [5, 5.41) is 15.8. The number of hydrogen-bond acceptors (Lipinski definition) is 4. The number of carbonyl (C=O) groups is 3. The summed E-state index contributed by atoms with van der Waals surface area (Å²) >= 11 is 1.40. The van der Waals surface area contributed by atoms with E-state index in [0.29, 0.717) is 17.0 Å². The van der Waals surface area contributed by atoms with E-state index < -0.39 is 17.9 Å². The van der Waals surface area contributed by atoms with Crippen LogP contribution in [0.4, 0.5) is 5.69 Å². The molecule has 0 radical (unpaired) electrons. The van der Waals surface area contributed by atoms with Gasteiger partial charge in [0.15, 0.2) is 0 Å². The van der Waals surface area contributed by atoms with Crippen molar-refractivity contribution in [2.45, 2.75) is 17.4 Å². The fourth-order valence-corrected chi connectivity index (χ4v) is 3.97. The van der Waals surface area contributed by atoms with Crippen molar-refractivity contribution in [3.05, 3.63) is 59.8 Å². The molecule has 0 spiro atoms. The van der Waals surface area contributed by atoms with E-state index in [1.165, 1.54) is 11.8 Å². The fraction of sp³-hybridized carbons (Fsp3) is 0.150. The quantitative estimate of drug-likeness (QED) is 0.531. The molecule has 3 aromatic rings. The predicted octanol–water partition coefficient (Wildman–Crippen LogP) is 2.64. The minimum absolute atomic E-state index is 0.127. The second-order valence-electron chi connectivity index (χ2n) is 6.48. The van der Waals surface area contributed by atoms with Crippen molar-refractivity contribution in [3.63, 3.8) is 0 Å². The lowest BCUT2D eigenvalue weighted by Gasteiger charge is -2.18. The van der Waals surface area contributed by atoms with Crippen LogP contribution in [0.1, 0.15) is 15.9 Å². The molecule has 7 nitrogen and oxygen atoms in total. The number of aromatic nitrogens is 1. The smallest absolute Gasteiger partial charge is 0.326 e. The second-order valence-corrected chi connectivity index (χ2v) is 7.49. The van der Waals surface area contributed by atoms with Gasteiger partial charge in [0, 0.05) is 34.0 Å². The highest BCUT2D eigenvalue weighted by atomic mass is 32.2. The first kappa shape index (κ1) is 18.1. The molecule has 2 aromatic carbocycles. The van der Waals surface area contributed by atoms with Crippen molar-refractivity contribution in [3.8, 4) is 0 Å². The third-order valence-corrected chi connectivity index (χ3v) is 5.65. The van der Waals surface area contributed by atoms with Gasteiger partial charge in [0.05, 0.1) is 11.4 Å². The molecule has 0 fully saturated rings. The van der Waals surface area contributed by atoms with Crippen LogP contribution in [0, 0.1) is 0 Å². The van der Waals surface area contributed by atoms with Crippen LogP contribution in [0.5, 0.6) is 0 Å². The molecule has 0 saturated heterocycles. The lowest BCUT2D eigenvalue weighted by Crippen LogP contribution is -2.42. The highest BCUT2D eigenvalue weighted by Crippen LogP contribution is 2.32. The Kier molecular flexibility index (Phi) is 4.79. The summed E-state index contributed by atoms with van der Waals surface area (Å²) in [7, 11) is 0. The summed E-state index contributed by atoms with van der Waals surface area (Å²) in [6.45, 7) is 0. The minimum Gasteiger partial charge on any atom is -0.480 e. The number of thioether (sulfide) groups is 1. The highest BCUT2D eigenvalue weighted by molar-refractivity contribution is 8.00. The number of nitrogens with one attached hydrogen (secondary N) is 3. The molecule has 28 heavy (non-hydrogen) atoms. The molecule has 1 aromatic heterocycles. The number of aliphatic carboxylic acids is 1. The maximum Gasteiger partial charge on any atom is 0.326 e. The zero-order chi connectivity index (χ0) is 19.7. The Morgan fingerprint density at radius 1 is 1.21 bits per heavy atom. The lowest BCUT2D eigenvalue weighted by molar-refractivity contribution is -0.139. The largest absolute Gasteiger partial charge is 0.480 e. The molecule has 8 heteroatoms. The Morgan fingerprint density at radius 3 is 2.86 bits per heavy atom. The van der Waals surface area contributed by atoms with Crippen LogP contribution in [0.25, 0.3) is 10.9 Å².